The third-order valence-corrected chi connectivity index (χ3v) is 0.829. The van der Waals surface area contributed by atoms with Crippen molar-refractivity contribution in [1.29, 1.82) is 0 Å². The Morgan fingerprint density at radius 3 is 1.30 bits per heavy atom. The van der Waals surface area contributed by atoms with Crippen LogP contribution in [0, 0.1) is 29.2 Å². The van der Waals surface area contributed by atoms with E-state index in [1.807, 2.05) is 12.1 Å². The second-order valence-corrected chi connectivity index (χ2v) is 1.46. The van der Waals surface area contributed by atoms with Crippen LogP contribution in [0.15, 0.2) is 24.3 Å². The van der Waals surface area contributed by atoms with Gasteiger partial charge in [0.25, 0.3) is 0 Å². The molecule has 0 aromatic heterocycles. The largest absolute Gasteiger partial charge is 4.00 e. The molecule has 0 aliphatic heterocycles. The fourth-order valence-corrected chi connectivity index (χ4v) is 0.470. The van der Waals surface area contributed by atoms with E-state index < -0.39 is 0 Å². The summed E-state index contributed by atoms with van der Waals surface area (Å²) in [5.74, 6) is 0. The summed E-state index contributed by atoms with van der Waals surface area (Å²) in [4.78, 5) is 0. The van der Waals surface area contributed by atoms with Gasteiger partial charge in [0.15, 0.2) is 0 Å². The van der Waals surface area contributed by atoms with Crippen LogP contribution in [0.5, 0.6) is 0 Å². The molecule has 0 unspecified atom stereocenters. The van der Waals surface area contributed by atoms with Gasteiger partial charge in [-0.15, -0.1) is 0 Å². The van der Waals surface area contributed by atoms with Gasteiger partial charge < -0.3 is 22.3 Å². The molecule has 0 spiro atoms. The monoisotopic (exact) mass is 214 g/mol. The quantitative estimate of drug-likeness (QED) is 0.584. The normalized spacial score (nSPS) is 5.30. The molecule has 1 aromatic rings. The summed E-state index contributed by atoms with van der Waals surface area (Å²) in [5.41, 5.74) is 1.34. The second-order valence-electron chi connectivity index (χ2n) is 1.46. The fourth-order valence-electron chi connectivity index (χ4n) is 0.470. The Hall–Kier alpha value is 0.233. The minimum atomic E-state index is 0. The number of aryl methyl sites for hydroxylation is 1. The number of rotatable bonds is 0. The maximum absolute atomic E-state index is 2.08. The molecule has 0 heterocycles. The van der Waals surface area contributed by atoms with E-state index in [1.54, 1.807) is 0 Å². The van der Waals surface area contributed by atoms with Crippen LogP contribution in [0.4, 0.5) is 0 Å². The first-order chi connectivity index (χ1) is 2.89. The molecule has 0 amide bonds. The molecule has 0 aliphatic carbocycles. The van der Waals surface area contributed by atoms with Gasteiger partial charge in [-0.2, -0.15) is 17.7 Å². The average molecular weight is 215 g/mol. The molecule has 1 rings (SSSR count). The van der Waals surface area contributed by atoms with Gasteiger partial charge in [-0.25, -0.2) is 12.1 Å². The third-order valence-electron chi connectivity index (χ3n) is 0.829. The van der Waals surface area contributed by atoms with Gasteiger partial charge in [-0.3, -0.25) is 0 Å². The molecular weight excluding hydrogens is 199 g/mol. The maximum Gasteiger partial charge on any atom is 4.00 e. The van der Waals surface area contributed by atoms with Crippen molar-refractivity contribution in [3.63, 3.8) is 0 Å². The van der Waals surface area contributed by atoms with Crippen LogP contribution in [0.25, 0.3) is 0 Å². The molecule has 56 valence electrons. The van der Waals surface area contributed by atoms with Crippen LogP contribution in [-0.2, 0) is 26.2 Å². The molecule has 0 aliphatic rings. The molecule has 0 saturated heterocycles. The molecule has 0 fully saturated rings. The van der Waals surface area contributed by atoms with E-state index in [2.05, 4.69) is 19.1 Å². The summed E-state index contributed by atoms with van der Waals surface area (Å²) in [6.45, 7) is 2.08. The van der Waals surface area contributed by atoms with Gasteiger partial charge in [0.2, 0.25) is 0 Å². The summed E-state index contributed by atoms with van der Waals surface area (Å²) in [5, 5.41) is 0. The first-order valence-electron chi connectivity index (χ1n) is 2.08. The molecule has 1 aromatic carbocycles. The van der Waals surface area contributed by atoms with E-state index in [0.29, 0.717) is 0 Å². The van der Waals surface area contributed by atoms with Crippen LogP contribution in [0.2, 0.25) is 0 Å². The first kappa shape index (κ1) is 22.5. The standard InChI is InChI=1S/C6H7.3CH3.Zr/c1-6-4-2-3-5-6;;;;/h2-5H,1H3;3*1H3;/q4*-1;+4. The van der Waals surface area contributed by atoms with Crippen molar-refractivity contribution in [1.82, 2.24) is 0 Å². The molecule has 10 heavy (non-hydrogen) atoms. The Morgan fingerprint density at radius 1 is 0.900 bits per heavy atom. The van der Waals surface area contributed by atoms with Gasteiger partial charge in [0, 0.05) is 0 Å². The van der Waals surface area contributed by atoms with Crippen LogP contribution in [0.3, 0.4) is 0 Å². The number of hydrogen-bond acceptors (Lipinski definition) is 0. The molecule has 1 heteroatoms. The SMILES string of the molecule is C[c-]1cccc1.[CH3-].[CH3-].[CH3-].[Zr+4]. The van der Waals surface area contributed by atoms with E-state index in [9.17, 15) is 0 Å². The van der Waals surface area contributed by atoms with E-state index in [-0.39, 0.29) is 48.5 Å². The van der Waals surface area contributed by atoms with Crippen molar-refractivity contribution in [2.75, 3.05) is 0 Å². The Kier molecular flexibility index (Phi) is 26.9. The zero-order valence-corrected chi connectivity index (χ0v) is 9.77. The number of hydrogen-bond donors (Lipinski definition) is 0. The van der Waals surface area contributed by atoms with E-state index in [1.165, 1.54) is 5.56 Å². The summed E-state index contributed by atoms with van der Waals surface area (Å²) in [6, 6.07) is 8.24. The van der Waals surface area contributed by atoms with Crippen LogP contribution >= 0.6 is 0 Å². The van der Waals surface area contributed by atoms with Gasteiger partial charge in [-0.05, 0) is 0 Å². The molecule has 0 bridgehead atoms. The van der Waals surface area contributed by atoms with Crippen molar-refractivity contribution >= 4 is 0 Å². The van der Waals surface area contributed by atoms with Crippen LogP contribution < -0.4 is 0 Å². The van der Waals surface area contributed by atoms with Crippen molar-refractivity contribution in [2.24, 2.45) is 0 Å². The Balaban J connectivity index is -0.0000000450. The second kappa shape index (κ2) is 12.0. The van der Waals surface area contributed by atoms with Crippen LogP contribution in [-0.4, -0.2) is 0 Å². The summed E-state index contributed by atoms with van der Waals surface area (Å²) < 4.78 is 0. The van der Waals surface area contributed by atoms with E-state index in [4.69, 9.17) is 0 Å². The van der Waals surface area contributed by atoms with Gasteiger partial charge in [0.1, 0.15) is 0 Å². The molecule has 0 radical (unpaired) electrons. The Labute approximate surface area is 85.1 Å². The zero-order valence-electron chi connectivity index (χ0n) is 7.31. The average Bonchev–Trinajstić information content (AvgIpc) is 1.86. The van der Waals surface area contributed by atoms with Crippen LogP contribution in [0.1, 0.15) is 5.56 Å². The van der Waals surface area contributed by atoms with Gasteiger partial charge >= 0.3 is 26.2 Å². The van der Waals surface area contributed by atoms with Crippen molar-refractivity contribution < 1.29 is 26.2 Å². The fraction of sp³-hybridized carbons (Fsp3) is 0.111. The van der Waals surface area contributed by atoms with Crippen molar-refractivity contribution in [3.8, 4) is 0 Å². The third kappa shape index (κ3) is 8.23. The predicted molar refractivity (Wildman–Crippen MR) is 46.0 cm³/mol. The maximum atomic E-state index is 2.08. The minimum absolute atomic E-state index is 0. The summed E-state index contributed by atoms with van der Waals surface area (Å²) in [6.07, 6.45) is 0. The predicted octanol–water partition coefficient (Wildman–Crippen LogP) is 3.06. The first-order valence-corrected chi connectivity index (χ1v) is 2.08. The topological polar surface area (TPSA) is 0 Å². The minimum Gasteiger partial charge on any atom is -0.358 e. The van der Waals surface area contributed by atoms with Gasteiger partial charge in [-0.1, -0.05) is 6.92 Å². The Morgan fingerprint density at radius 2 is 1.20 bits per heavy atom. The summed E-state index contributed by atoms with van der Waals surface area (Å²) >= 11 is 0. The molecule has 0 N–H and O–H groups in total. The van der Waals surface area contributed by atoms with E-state index in [0.717, 1.165) is 0 Å². The van der Waals surface area contributed by atoms with E-state index >= 15 is 0 Å². The summed E-state index contributed by atoms with van der Waals surface area (Å²) in [7, 11) is 0. The van der Waals surface area contributed by atoms with Crippen molar-refractivity contribution in [2.45, 2.75) is 6.92 Å². The Bertz CT molecular complexity index is 108. The molecule has 0 nitrogen and oxygen atoms in total. The molecular formula is C9H16Zr. The van der Waals surface area contributed by atoms with Gasteiger partial charge in [0.05, 0.1) is 0 Å². The molecule has 0 saturated carbocycles. The van der Waals surface area contributed by atoms with Crippen molar-refractivity contribution in [3.05, 3.63) is 52.1 Å². The smallest absolute Gasteiger partial charge is 0.358 e. The molecule has 0 atom stereocenters. The zero-order chi connectivity index (χ0) is 4.41.